The summed E-state index contributed by atoms with van der Waals surface area (Å²) in [6, 6.07) is 11.2. The Balaban J connectivity index is 1.68. The van der Waals surface area contributed by atoms with Crippen LogP contribution < -0.4 is 10.1 Å². The molecule has 1 saturated heterocycles. The van der Waals surface area contributed by atoms with E-state index in [1.165, 1.54) is 19.2 Å². The van der Waals surface area contributed by atoms with Crippen molar-refractivity contribution in [2.24, 2.45) is 0 Å². The van der Waals surface area contributed by atoms with Gasteiger partial charge in [-0.3, -0.25) is 0 Å². The average Bonchev–Trinajstić information content (AvgIpc) is 2.67. The summed E-state index contributed by atoms with van der Waals surface area (Å²) in [5.41, 5.74) is 1.79. The lowest BCUT2D eigenvalue weighted by Crippen LogP contribution is -2.44. The van der Waals surface area contributed by atoms with Crippen LogP contribution in [0, 0.1) is 5.82 Å². The maximum Gasteiger partial charge on any atom is 0.318 e. The Hall–Kier alpha value is -2.76. The number of hydrogen-bond donors (Lipinski definition) is 2. The number of methoxy groups -OCH3 is 1. The molecule has 1 heterocycles. The van der Waals surface area contributed by atoms with Gasteiger partial charge in [-0.1, -0.05) is 18.2 Å². The Kier molecular flexibility index (Phi) is 5.61. The number of phenolic OH excluding ortho intramolecular Hbond substituents is 1. The highest BCUT2D eigenvalue weighted by atomic mass is 19.1. The third-order valence-corrected chi connectivity index (χ3v) is 4.71. The molecule has 0 radical (unpaired) electrons. The second-order valence-electron chi connectivity index (χ2n) is 6.42. The minimum Gasteiger partial charge on any atom is -0.504 e. The molecule has 1 fully saturated rings. The summed E-state index contributed by atoms with van der Waals surface area (Å²) in [6.07, 6.45) is 2.87. The zero-order valence-electron chi connectivity index (χ0n) is 14.7. The molecule has 0 saturated carbocycles. The first-order valence-corrected chi connectivity index (χ1v) is 8.74. The summed E-state index contributed by atoms with van der Waals surface area (Å²) < 4.78 is 18.3. The first-order valence-electron chi connectivity index (χ1n) is 8.74. The van der Waals surface area contributed by atoms with Gasteiger partial charge in [-0.05, 0) is 54.7 Å². The van der Waals surface area contributed by atoms with Gasteiger partial charge < -0.3 is 20.1 Å². The summed E-state index contributed by atoms with van der Waals surface area (Å²) >= 11 is 0. The summed E-state index contributed by atoms with van der Waals surface area (Å²) in [5.74, 6) is 0.163. The van der Waals surface area contributed by atoms with Gasteiger partial charge in [-0.2, -0.15) is 0 Å². The van der Waals surface area contributed by atoms with Crippen molar-refractivity contribution < 1.29 is 19.0 Å². The quantitative estimate of drug-likeness (QED) is 0.869. The van der Waals surface area contributed by atoms with E-state index in [1.54, 1.807) is 30.3 Å². The van der Waals surface area contributed by atoms with Gasteiger partial charge in [0.25, 0.3) is 0 Å². The molecule has 0 aromatic heterocycles. The number of rotatable bonds is 4. The molecule has 1 atom stereocenters. The fourth-order valence-corrected chi connectivity index (χ4v) is 3.32. The van der Waals surface area contributed by atoms with Gasteiger partial charge >= 0.3 is 6.03 Å². The van der Waals surface area contributed by atoms with E-state index in [2.05, 4.69) is 5.32 Å². The summed E-state index contributed by atoms with van der Waals surface area (Å²) in [4.78, 5) is 14.5. The lowest BCUT2D eigenvalue weighted by atomic mass is 9.95. The van der Waals surface area contributed by atoms with Gasteiger partial charge in [0.2, 0.25) is 0 Å². The third-order valence-electron chi connectivity index (χ3n) is 4.71. The average molecular weight is 358 g/mol. The normalized spacial score (nSPS) is 17.0. The Bertz CT molecular complexity index is 764. The van der Waals surface area contributed by atoms with E-state index in [9.17, 15) is 14.3 Å². The van der Waals surface area contributed by atoms with Gasteiger partial charge in [-0.25, -0.2) is 9.18 Å². The van der Waals surface area contributed by atoms with Crippen molar-refractivity contribution in [2.45, 2.75) is 31.8 Å². The number of carbonyl (C=O) groups excluding carboxylic acids is 1. The molecular formula is C20H23FN2O3. The molecule has 3 rings (SSSR count). The molecule has 2 amide bonds. The van der Waals surface area contributed by atoms with Gasteiger partial charge in [0, 0.05) is 13.1 Å². The van der Waals surface area contributed by atoms with Crippen LogP contribution in [-0.2, 0) is 6.54 Å². The highest BCUT2D eigenvalue weighted by Crippen LogP contribution is 2.31. The molecule has 6 heteroatoms. The van der Waals surface area contributed by atoms with Gasteiger partial charge in [-0.15, -0.1) is 0 Å². The molecule has 0 bridgehead atoms. The Labute approximate surface area is 152 Å². The minimum absolute atomic E-state index is 0.0429. The fourth-order valence-electron chi connectivity index (χ4n) is 3.32. The molecule has 0 spiro atoms. The lowest BCUT2D eigenvalue weighted by molar-refractivity contribution is 0.151. The largest absolute Gasteiger partial charge is 0.504 e. The van der Waals surface area contributed by atoms with Crippen molar-refractivity contribution in [3.05, 3.63) is 59.4 Å². The molecule has 2 aromatic rings. The van der Waals surface area contributed by atoms with Crippen LogP contribution in [0.3, 0.4) is 0 Å². The summed E-state index contributed by atoms with van der Waals surface area (Å²) in [6.45, 7) is 1.01. The second kappa shape index (κ2) is 8.08. The molecule has 26 heavy (non-hydrogen) atoms. The number of hydrogen-bond acceptors (Lipinski definition) is 3. The lowest BCUT2D eigenvalue weighted by Gasteiger charge is -2.36. The second-order valence-corrected chi connectivity index (χ2v) is 6.42. The van der Waals surface area contributed by atoms with Crippen LogP contribution in [0.5, 0.6) is 11.5 Å². The Morgan fingerprint density at radius 1 is 1.27 bits per heavy atom. The minimum atomic E-state index is -0.276. The number of benzene rings is 2. The number of nitrogens with zero attached hydrogens (tertiary/aromatic N) is 1. The van der Waals surface area contributed by atoms with Crippen LogP contribution in [0.15, 0.2) is 42.5 Å². The monoisotopic (exact) mass is 358 g/mol. The molecule has 2 N–H and O–H groups in total. The van der Waals surface area contributed by atoms with Crippen molar-refractivity contribution >= 4 is 6.03 Å². The van der Waals surface area contributed by atoms with Gasteiger partial charge in [0.15, 0.2) is 11.5 Å². The van der Waals surface area contributed by atoms with E-state index in [0.29, 0.717) is 18.8 Å². The zero-order chi connectivity index (χ0) is 18.5. The van der Waals surface area contributed by atoms with Crippen LogP contribution in [0.4, 0.5) is 9.18 Å². The number of urea groups is 1. The molecule has 0 aliphatic carbocycles. The van der Waals surface area contributed by atoms with E-state index in [0.717, 1.165) is 30.4 Å². The smallest absolute Gasteiger partial charge is 0.318 e. The number of piperidine rings is 1. The maximum absolute atomic E-state index is 13.2. The summed E-state index contributed by atoms with van der Waals surface area (Å²) in [5, 5.41) is 12.6. The number of likely N-dealkylation sites (tertiary alicyclic amines) is 1. The van der Waals surface area contributed by atoms with Crippen molar-refractivity contribution in [1.82, 2.24) is 10.2 Å². The van der Waals surface area contributed by atoms with Crippen LogP contribution in [0.2, 0.25) is 0 Å². The third kappa shape index (κ3) is 4.07. The zero-order valence-corrected chi connectivity index (χ0v) is 14.7. The number of phenols is 1. The van der Waals surface area contributed by atoms with Crippen LogP contribution >= 0.6 is 0 Å². The number of nitrogens with one attached hydrogen (secondary N) is 1. The highest BCUT2D eigenvalue weighted by Gasteiger charge is 2.27. The van der Waals surface area contributed by atoms with Gasteiger partial charge in [0.1, 0.15) is 5.82 Å². The number of aromatic hydroxyl groups is 1. The molecule has 138 valence electrons. The number of amides is 2. The standard InChI is InChI=1S/C20H23FN2O3/c1-26-19-12-14(5-10-18(19)24)13-22-20(25)23-11-3-2-4-17(23)15-6-8-16(21)9-7-15/h5-10,12,17,24H,2-4,11,13H2,1H3,(H,22,25)/t17-/m0/s1. The fraction of sp³-hybridized carbons (Fsp3) is 0.350. The van der Waals surface area contributed by atoms with E-state index in [1.807, 2.05) is 4.90 Å². The van der Waals surface area contributed by atoms with E-state index < -0.39 is 0 Å². The van der Waals surface area contributed by atoms with Crippen molar-refractivity contribution in [3.8, 4) is 11.5 Å². The topological polar surface area (TPSA) is 61.8 Å². The number of ether oxygens (including phenoxy) is 1. The Morgan fingerprint density at radius 3 is 2.77 bits per heavy atom. The van der Waals surface area contributed by atoms with Crippen LogP contribution in [0.1, 0.15) is 36.4 Å². The maximum atomic E-state index is 13.2. The van der Waals surface area contributed by atoms with Crippen molar-refractivity contribution in [3.63, 3.8) is 0 Å². The molecular weight excluding hydrogens is 335 g/mol. The van der Waals surface area contributed by atoms with Gasteiger partial charge in [0.05, 0.1) is 13.2 Å². The number of halogens is 1. The summed E-state index contributed by atoms with van der Waals surface area (Å²) in [7, 11) is 1.48. The predicted molar refractivity (Wildman–Crippen MR) is 96.6 cm³/mol. The predicted octanol–water partition coefficient (Wildman–Crippen LogP) is 3.98. The number of carbonyl (C=O) groups is 1. The SMILES string of the molecule is COc1cc(CNC(=O)N2CCCC[C@H]2c2ccc(F)cc2)ccc1O. The van der Waals surface area contributed by atoms with E-state index >= 15 is 0 Å². The van der Waals surface area contributed by atoms with E-state index in [-0.39, 0.29) is 23.6 Å². The van der Waals surface area contributed by atoms with E-state index in [4.69, 9.17) is 4.74 Å². The van der Waals surface area contributed by atoms with Crippen LogP contribution in [-0.4, -0.2) is 29.7 Å². The molecule has 1 aliphatic heterocycles. The Morgan fingerprint density at radius 2 is 2.04 bits per heavy atom. The molecule has 2 aromatic carbocycles. The highest BCUT2D eigenvalue weighted by molar-refractivity contribution is 5.75. The van der Waals surface area contributed by atoms with Crippen molar-refractivity contribution in [1.29, 1.82) is 0 Å². The molecule has 1 aliphatic rings. The molecule has 5 nitrogen and oxygen atoms in total. The molecule has 0 unspecified atom stereocenters. The van der Waals surface area contributed by atoms with Crippen LogP contribution in [0.25, 0.3) is 0 Å². The van der Waals surface area contributed by atoms with Crippen molar-refractivity contribution in [2.75, 3.05) is 13.7 Å². The first kappa shape index (κ1) is 18.0. The first-order chi connectivity index (χ1) is 12.6.